The number of nitrogens with one attached hydrogen (secondary N) is 2. The molecule has 0 saturated carbocycles. The number of aliphatic hydroxyl groups excluding tert-OH is 1. The molecular formula is C23H23F3N2O6. The molecular weight excluding hydrogens is 457 g/mol. The number of rotatable bonds is 9. The Hall–Kier alpha value is -3.60. The van der Waals surface area contributed by atoms with Crippen LogP contribution in [0, 0.1) is 0 Å². The average molecular weight is 480 g/mol. The molecule has 0 saturated heterocycles. The molecule has 4 N–H and O–H groups in total. The van der Waals surface area contributed by atoms with E-state index < -0.39 is 49.3 Å². The minimum absolute atomic E-state index is 0.214. The molecule has 0 aliphatic heterocycles. The number of carbonyl (C=O) groups excluding carboxylic acids is 2. The molecule has 2 aromatic carbocycles. The molecule has 2 amide bonds. The lowest BCUT2D eigenvalue weighted by atomic mass is 9.98. The fraction of sp³-hybridized carbons (Fsp3) is 0.348. The van der Waals surface area contributed by atoms with Crippen molar-refractivity contribution in [3.8, 4) is 11.1 Å². The van der Waals surface area contributed by atoms with Gasteiger partial charge >= 0.3 is 18.2 Å². The Kier molecular flexibility index (Phi) is 7.77. The Bertz CT molecular complexity index is 1010. The van der Waals surface area contributed by atoms with Gasteiger partial charge in [-0.05, 0) is 22.3 Å². The van der Waals surface area contributed by atoms with Crippen LogP contribution in [0.4, 0.5) is 18.0 Å². The van der Waals surface area contributed by atoms with Gasteiger partial charge in [0.15, 0.2) is 0 Å². The van der Waals surface area contributed by atoms with Crippen LogP contribution in [-0.4, -0.2) is 59.7 Å². The molecule has 0 fully saturated rings. The lowest BCUT2D eigenvalue weighted by Gasteiger charge is -2.22. The molecule has 182 valence electrons. The second-order valence-corrected chi connectivity index (χ2v) is 7.74. The largest absolute Gasteiger partial charge is 0.480 e. The number of aliphatic hydroxyl groups is 1. The number of carbonyl (C=O) groups is 3. The van der Waals surface area contributed by atoms with E-state index in [-0.39, 0.29) is 18.9 Å². The zero-order valence-corrected chi connectivity index (χ0v) is 17.8. The summed E-state index contributed by atoms with van der Waals surface area (Å²) in [6.45, 7) is -0.799. The summed E-state index contributed by atoms with van der Waals surface area (Å²) in [6.07, 6.45) is -7.97. The molecule has 2 aromatic rings. The van der Waals surface area contributed by atoms with E-state index in [1.165, 1.54) is 0 Å². The monoisotopic (exact) mass is 480 g/mol. The highest BCUT2D eigenvalue weighted by Gasteiger charge is 2.43. The number of benzene rings is 2. The third-order valence-corrected chi connectivity index (χ3v) is 5.47. The number of fused-ring (bicyclic) bond motifs is 3. The Morgan fingerprint density at radius 2 is 1.53 bits per heavy atom. The van der Waals surface area contributed by atoms with Crippen molar-refractivity contribution >= 4 is 18.0 Å². The van der Waals surface area contributed by atoms with Crippen molar-refractivity contribution in [2.45, 2.75) is 37.0 Å². The van der Waals surface area contributed by atoms with Crippen LogP contribution in [-0.2, 0) is 14.3 Å². The van der Waals surface area contributed by atoms with Gasteiger partial charge in [0.05, 0.1) is 6.42 Å². The summed E-state index contributed by atoms with van der Waals surface area (Å²) in [7, 11) is 0. The fourth-order valence-electron chi connectivity index (χ4n) is 3.86. The molecule has 0 aromatic heterocycles. The molecule has 3 rings (SSSR count). The topological polar surface area (TPSA) is 125 Å². The third kappa shape index (κ3) is 5.84. The second kappa shape index (κ2) is 10.6. The van der Waals surface area contributed by atoms with Crippen molar-refractivity contribution in [1.82, 2.24) is 10.6 Å². The van der Waals surface area contributed by atoms with E-state index in [1.54, 1.807) is 5.32 Å². The normalized spacial score (nSPS) is 14.5. The molecule has 1 aliphatic rings. The molecule has 0 radical (unpaired) electrons. The number of alkyl carbamates (subject to hydrolysis) is 1. The van der Waals surface area contributed by atoms with E-state index in [4.69, 9.17) is 14.9 Å². The van der Waals surface area contributed by atoms with Crippen LogP contribution in [0.1, 0.15) is 29.9 Å². The molecule has 34 heavy (non-hydrogen) atoms. The summed E-state index contributed by atoms with van der Waals surface area (Å²) in [6, 6.07) is 10.7. The standard InChI is InChI=1S/C23H23F3N2O6/c24-23(25,26)19(11-20(30)27-18(9-10-29)21(31)32)28-22(33)34-12-17-15-7-3-1-5-13(15)14-6-2-4-8-16(14)17/h1-8,17-19,29H,9-12H2,(H,27,30)(H,28,33)(H,31,32)/t18-,19?/m1/s1. The summed E-state index contributed by atoms with van der Waals surface area (Å²) < 4.78 is 45.3. The van der Waals surface area contributed by atoms with Gasteiger partial charge in [-0.2, -0.15) is 13.2 Å². The average Bonchev–Trinajstić information content (AvgIpc) is 3.10. The summed E-state index contributed by atoms with van der Waals surface area (Å²) >= 11 is 0. The summed E-state index contributed by atoms with van der Waals surface area (Å²) in [5, 5.41) is 21.4. The second-order valence-electron chi connectivity index (χ2n) is 7.74. The number of carboxylic acids is 1. The number of carboxylic acid groups (broad SMARTS) is 1. The Morgan fingerprint density at radius 3 is 2.03 bits per heavy atom. The highest BCUT2D eigenvalue weighted by molar-refractivity contribution is 5.84. The molecule has 1 unspecified atom stereocenters. The van der Waals surface area contributed by atoms with E-state index >= 15 is 0 Å². The van der Waals surface area contributed by atoms with Gasteiger partial charge in [-0.1, -0.05) is 48.5 Å². The first-order valence-corrected chi connectivity index (χ1v) is 10.4. The molecule has 0 heterocycles. The van der Waals surface area contributed by atoms with Crippen LogP contribution in [0.25, 0.3) is 11.1 Å². The Labute approximate surface area is 192 Å². The molecule has 11 heteroatoms. The van der Waals surface area contributed by atoms with Gasteiger partial charge in [0.1, 0.15) is 18.7 Å². The zero-order valence-electron chi connectivity index (χ0n) is 17.8. The summed E-state index contributed by atoms with van der Waals surface area (Å²) in [4.78, 5) is 35.2. The number of ether oxygens (including phenoxy) is 1. The van der Waals surface area contributed by atoms with E-state index in [0.29, 0.717) is 0 Å². The molecule has 8 nitrogen and oxygen atoms in total. The minimum atomic E-state index is -4.99. The molecule has 2 atom stereocenters. The van der Waals surface area contributed by atoms with Crippen molar-refractivity contribution in [3.05, 3.63) is 59.7 Å². The SMILES string of the molecule is O=C(CC(NC(=O)OCC1c2ccccc2-c2ccccc21)C(F)(F)F)N[C@H](CCO)C(=O)O. The number of hydrogen-bond donors (Lipinski definition) is 4. The number of aliphatic carboxylic acids is 1. The van der Waals surface area contributed by atoms with Gasteiger partial charge < -0.3 is 25.6 Å². The van der Waals surface area contributed by atoms with Gasteiger partial charge in [-0.25, -0.2) is 9.59 Å². The fourth-order valence-corrected chi connectivity index (χ4v) is 3.86. The zero-order chi connectivity index (χ0) is 24.9. The van der Waals surface area contributed by atoms with Crippen LogP contribution in [0.3, 0.4) is 0 Å². The first-order valence-electron chi connectivity index (χ1n) is 10.4. The third-order valence-electron chi connectivity index (χ3n) is 5.47. The van der Waals surface area contributed by atoms with Gasteiger partial charge in [-0.3, -0.25) is 4.79 Å². The van der Waals surface area contributed by atoms with Crippen molar-refractivity contribution < 1.29 is 42.5 Å². The highest BCUT2D eigenvalue weighted by Crippen LogP contribution is 2.44. The molecule has 0 spiro atoms. The van der Waals surface area contributed by atoms with Crippen molar-refractivity contribution in [3.63, 3.8) is 0 Å². The van der Waals surface area contributed by atoms with E-state index in [1.807, 2.05) is 53.8 Å². The van der Waals surface area contributed by atoms with Gasteiger partial charge in [-0.15, -0.1) is 0 Å². The molecule has 1 aliphatic carbocycles. The van der Waals surface area contributed by atoms with Crippen LogP contribution < -0.4 is 10.6 Å². The number of alkyl halides is 3. The number of hydrogen-bond acceptors (Lipinski definition) is 5. The maximum Gasteiger partial charge on any atom is 0.409 e. The quantitative estimate of drug-likeness (QED) is 0.438. The van der Waals surface area contributed by atoms with E-state index in [0.717, 1.165) is 22.3 Å². The Morgan fingerprint density at radius 1 is 0.971 bits per heavy atom. The maximum absolute atomic E-state index is 13.4. The predicted molar refractivity (Wildman–Crippen MR) is 114 cm³/mol. The maximum atomic E-state index is 13.4. The van der Waals surface area contributed by atoms with E-state index in [9.17, 15) is 27.6 Å². The minimum Gasteiger partial charge on any atom is -0.480 e. The highest BCUT2D eigenvalue weighted by atomic mass is 19.4. The van der Waals surface area contributed by atoms with Crippen LogP contribution in [0.5, 0.6) is 0 Å². The summed E-state index contributed by atoms with van der Waals surface area (Å²) in [5.74, 6) is -3.11. The van der Waals surface area contributed by atoms with Gasteiger partial charge in [0.2, 0.25) is 5.91 Å². The first-order chi connectivity index (χ1) is 16.1. The van der Waals surface area contributed by atoms with Crippen LogP contribution in [0.2, 0.25) is 0 Å². The van der Waals surface area contributed by atoms with Gasteiger partial charge in [0, 0.05) is 18.9 Å². The smallest absolute Gasteiger partial charge is 0.409 e. The van der Waals surface area contributed by atoms with Crippen LogP contribution in [0.15, 0.2) is 48.5 Å². The van der Waals surface area contributed by atoms with E-state index in [2.05, 4.69) is 0 Å². The number of amides is 2. The van der Waals surface area contributed by atoms with Gasteiger partial charge in [0.25, 0.3) is 0 Å². The summed E-state index contributed by atoms with van der Waals surface area (Å²) in [5.41, 5.74) is 3.67. The lowest BCUT2D eigenvalue weighted by molar-refractivity contribution is -0.161. The van der Waals surface area contributed by atoms with Crippen molar-refractivity contribution in [1.29, 1.82) is 0 Å². The Balaban J connectivity index is 1.64. The molecule has 0 bridgehead atoms. The van der Waals surface area contributed by atoms with Crippen molar-refractivity contribution in [2.24, 2.45) is 0 Å². The number of halogens is 3. The van der Waals surface area contributed by atoms with Crippen LogP contribution >= 0.6 is 0 Å². The lowest BCUT2D eigenvalue weighted by Crippen LogP contribution is -2.50. The first kappa shape index (κ1) is 25.0. The predicted octanol–water partition coefficient (Wildman–Crippen LogP) is 2.80. The van der Waals surface area contributed by atoms with Crippen molar-refractivity contribution in [2.75, 3.05) is 13.2 Å².